The number of aromatic nitrogens is 2. The van der Waals surface area contributed by atoms with Gasteiger partial charge in [0.1, 0.15) is 11.4 Å². The van der Waals surface area contributed by atoms with Gasteiger partial charge in [-0.2, -0.15) is 4.98 Å². The van der Waals surface area contributed by atoms with Gasteiger partial charge in [0.05, 0.1) is 0 Å². The summed E-state index contributed by atoms with van der Waals surface area (Å²) in [5, 5.41) is 0. The summed E-state index contributed by atoms with van der Waals surface area (Å²) in [6.45, 7) is 15.1. The van der Waals surface area contributed by atoms with Crippen LogP contribution in [-0.2, 0) is 9.53 Å². The summed E-state index contributed by atoms with van der Waals surface area (Å²) in [5.74, 6) is 1.61. The third-order valence-corrected chi connectivity index (χ3v) is 5.76. The molecule has 4 heterocycles. The molecule has 0 N–H and O–H groups in total. The Morgan fingerprint density at radius 1 is 1.07 bits per heavy atom. The molecule has 9 heteroatoms. The third-order valence-electron chi connectivity index (χ3n) is 5.76. The smallest absolute Gasteiger partial charge is 0.410 e. The Morgan fingerprint density at radius 2 is 1.73 bits per heavy atom. The summed E-state index contributed by atoms with van der Waals surface area (Å²) >= 11 is 0. The van der Waals surface area contributed by atoms with Gasteiger partial charge in [0, 0.05) is 64.0 Å². The molecule has 162 valence electrons. The van der Waals surface area contributed by atoms with Crippen molar-refractivity contribution in [3.63, 3.8) is 0 Å². The van der Waals surface area contributed by atoms with E-state index >= 15 is 0 Å². The number of carbonyl (C=O) groups excluding carboxylic acids is 2. The first-order valence-electron chi connectivity index (χ1n) is 10.4. The Kier molecular flexibility index (Phi) is 5.07. The molecule has 3 aliphatic rings. The molecular formula is C21H30N6O3. The van der Waals surface area contributed by atoms with E-state index in [2.05, 4.69) is 21.4 Å². The fourth-order valence-corrected chi connectivity index (χ4v) is 4.26. The molecule has 3 fully saturated rings. The van der Waals surface area contributed by atoms with Crippen LogP contribution >= 0.6 is 0 Å². The van der Waals surface area contributed by atoms with Gasteiger partial charge in [-0.3, -0.25) is 4.79 Å². The van der Waals surface area contributed by atoms with E-state index in [0.717, 1.165) is 32.0 Å². The molecule has 0 unspecified atom stereocenters. The van der Waals surface area contributed by atoms with E-state index in [4.69, 9.17) is 9.72 Å². The molecule has 0 atom stereocenters. The zero-order chi connectivity index (χ0) is 21.5. The Bertz CT molecular complexity index is 829. The lowest BCUT2D eigenvalue weighted by molar-refractivity contribution is -0.139. The first kappa shape index (κ1) is 20.4. The lowest BCUT2D eigenvalue weighted by atomic mass is 9.73. The highest BCUT2D eigenvalue weighted by molar-refractivity contribution is 5.88. The maximum atomic E-state index is 12.2. The molecule has 2 amide bonds. The number of anilines is 2. The largest absolute Gasteiger partial charge is 0.444 e. The van der Waals surface area contributed by atoms with E-state index in [-0.39, 0.29) is 17.4 Å². The van der Waals surface area contributed by atoms with Gasteiger partial charge in [-0.15, -0.1) is 0 Å². The molecular weight excluding hydrogens is 384 g/mol. The van der Waals surface area contributed by atoms with Gasteiger partial charge in [0.25, 0.3) is 0 Å². The molecule has 1 spiro atoms. The van der Waals surface area contributed by atoms with E-state index in [9.17, 15) is 9.59 Å². The first-order valence-corrected chi connectivity index (χ1v) is 10.4. The van der Waals surface area contributed by atoms with Gasteiger partial charge >= 0.3 is 6.09 Å². The average Bonchev–Trinajstić information content (AvgIpc) is 2.64. The lowest BCUT2D eigenvalue weighted by Gasteiger charge is -2.60. The molecule has 0 bridgehead atoms. The highest BCUT2D eigenvalue weighted by Crippen LogP contribution is 2.41. The van der Waals surface area contributed by atoms with E-state index in [0.29, 0.717) is 32.1 Å². The van der Waals surface area contributed by atoms with Crippen LogP contribution in [0.25, 0.3) is 0 Å². The van der Waals surface area contributed by atoms with E-state index in [1.165, 1.54) is 6.08 Å². The van der Waals surface area contributed by atoms with Gasteiger partial charge in [-0.1, -0.05) is 6.58 Å². The number of amides is 2. The molecule has 30 heavy (non-hydrogen) atoms. The van der Waals surface area contributed by atoms with Gasteiger partial charge < -0.3 is 24.3 Å². The predicted molar refractivity (Wildman–Crippen MR) is 113 cm³/mol. The van der Waals surface area contributed by atoms with Crippen molar-refractivity contribution in [3.05, 3.63) is 24.9 Å². The second-order valence-corrected chi connectivity index (χ2v) is 9.42. The van der Waals surface area contributed by atoms with Crippen LogP contribution in [0.1, 0.15) is 20.8 Å². The Hall–Kier alpha value is -2.84. The second kappa shape index (κ2) is 7.45. The van der Waals surface area contributed by atoms with Crippen LogP contribution in [-0.4, -0.2) is 89.7 Å². The molecule has 1 aromatic heterocycles. The van der Waals surface area contributed by atoms with Crippen LogP contribution in [0.4, 0.5) is 16.6 Å². The molecule has 0 aliphatic carbocycles. The van der Waals surface area contributed by atoms with Crippen LogP contribution in [0.5, 0.6) is 0 Å². The molecule has 0 aromatic carbocycles. The van der Waals surface area contributed by atoms with Gasteiger partial charge in [0.2, 0.25) is 11.9 Å². The predicted octanol–water partition coefficient (Wildman–Crippen LogP) is 1.37. The van der Waals surface area contributed by atoms with Crippen molar-refractivity contribution >= 4 is 23.8 Å². The third kappa shape index (κ3) is 4.06. The SMILES string of the molecule is C=CC(=O)N1CC2(C1)CN(c1ccnc(N3CCN(C(=O)OC(C)(C)C)CC3)n1)C2. The Morgan fingerprint density at radius 3 is 2.33 bits per heavy atom. The maximum Gasteiger partial charge on any atom is 0.410 e. The summed E-state index contributed by atoms with van der Waals surface area (Å²) < 4.78 is 5.46. The monoisotopic (exact) mass is 414 g/mol. The van der Waals surface area contributed by atoms with Crippen LogP contribution in [0.15, 0.2) is 24.9 Å². The van der Waals surface area contributed by atoms with Crippen molar-refractivity contribution in [2.24, 2.45) is 5.41 Å². The van der Waals surface area contributed by atoms with Crippen molar-refractivity contribution in [3.8, 4) is 0 Å². The van der Waals surface area contributed by atoms with Gasteiger partial charge in [-0.05, 0) is 32.9 Å². The van der Waals surface area contributed by atoms with Gasteiger partial charge in [-0.25, -0.2) is 9.78 Å². The number of rotatable bonds is 3. The molecule has 3 saturated heterocycles. The van der Waals surface area contributed by atoms with E-state index in [1.54, 1.807) is 11.1 Å². The summed E-state index contributed by atoms with van der Waals surface area (Å²) in [6.07, 6.45) is 2.90. The summed E-state index contributed by atoms with van der Waals surface area (Å²) in [5.41, 5.74) is -0.292. The summed E-state index contributed by atoms with van der Waals surface area (Å²) in [7, 11) is 0. The average molecular weight is 415 g/mol. The lowest BCUT2D eigenvalue weighted by Crippen LogP contribution is -2.73. The number of ether oxygens (including phenoxy) is 1. The molecule has 9 nitrogen and oxygen atoms in total. The number of carbonyl (C=O) groups is 2. The van der Waals surface area contributed by atoms with Crippen molar-refractivity contribution in [2.75, 3.05) is 62.2 Å². The van der Waals surface area contributed by atoms with Crippen LogP contribution in [0.3, 0.4) is 0 Å². The highest BCUT2D eigenvalue weighted by Gasteiger charge is 2.53. The minimum absolute atomic E-state index is 0.00826. The molecule has 0 saturated carbocycles. The Balaban J connectivity index is 1.30. The van der Waals surface area contributed by atoms with Crippen molar-refractivity contribution < 1.29 is 14.3 Å². The highest BCUT2D eigenvalue weighted by atomic mass is 16.6. The van der Waals surface area contributed by atoms with Crippen molar-refractivity contribution in [1.29, 1.82) is 0 Å². The molecule has 1 aromatic rings. The van der Waals surface area contributed by atoms with Crippen LogP contribution < -0.4 is 9.80 Å². The number of likely N-dealkylation sites (tertiary alicyclic amines) is 1. The Labute approximate surface area is 177 Å². The number of hydrogen-bond acceptors (Lipinski definition) is 7. The van der Waals surface area contributed by atoms with Crippen LogP contribution in [0, 0.1) is 5.41 Å². The summed E-state index contributed by atoms with van der Waals surface area (Å²) in [6, 6.07) is 1.93. The van der Waals surface area contributed by atoms with E-state index < -0.39 is 5.60 Å². The fraction of sp³-hybridized carbons (Fsp3) is 0.619. The minimum atomic E-state index is -0.489. The first-order chi connectivity index (χ1) is 14.2. The quantitative estimate of drug-likeness (QED) is 0.691. The standard InChI is InChI=1S/C21H30N6O3/c1-5-17(28)27-14-21(15-27)12-26(13-21)16-6-7-22-18(23-16)24-8-10-25(11-9-24)19(29)30-20(2,3)4/h5-7H,1,8-15H2,2-4H3. The molecule has 0 radical (unpaired) electrons. The zero-order valence-corrected chi connectivity index (χ0v) is 18.0. The van der Waals surface area contributed by atoms with Crippen molar-refractivity contribution in [2.45, 2.75) is 26.4 Å². The minimum Gasteiger partial charge on any atom is -0.444 e. The zero-order valence-electron chi connectivity index (χ0n) is 18.0. The van der Waals surface area contributed by atoms with Crippen molar-refractivity contribution in [1.82, 2.24) is 19.8 Å². The van der Waals surface area contributed by atoms with E-state index in [1.807, 2.05) is 31.7 Å². The maximum absolute atomic E-state index is 12.2. The topological polar surface area (TPSA) is 82.1 Å². The molecule has 4 rings (SSSR count). The van der Waals surface area contributed by atoms with Crippen LogP contribution in [0.2, 0.25) is 0 Å². The second-order valence-electron chi connectivity index (χ2n) is 9.42. The molecule has 3 aliphatic heterocycles. The number of piperazine rings is 1. The normalized spacial score (nSPS) is 20.5. The summed E-state index contributed by atoms with van der Waals surface area (Å²) in [4.78, 5) is 41.0. The number of hydrogen-bond donors (Lipinski definition) is 0. The van der Waals surface area contributed by atoms with Gasteiger partial charge in [0.15, 0.2) is 0 Å². The fourth-order valence-electron chi connectivity index (χ4n) is 4.26. The number of nitrogens with zero attached hydrogens (tertiary/aromatic N) is 6.